The summed E-state index contributed by atoms with van der Waals surface area (Å²) in [6.07, 6.45) is 1.62. The molecule has 19 heavy (non-hydrogen) atoms. The maximum absolute atomic E-state index is 9.36. The summed E-state index contributed by atoms with van der Waals surface area (Å²) >= 11 is 5.15. The molecule has 1 aromatic heterocycles. The first-order valence-corrected chi connectivity index (χ1v) is 6.96. The van der Waals surface area contributed by atoms with Gasteiger partial charge in [-0.05, 0) is 44.2 Å². The van der Waals surface area contributed by atoms with Gasteiger partial charge in [-0.1, -0.05) is 12.2 Å². The molecule has 1 saturated carbocycles. The van der Waals surface area contributed by atoms with Crippen LogP contribution < -0.4 is 10.6 Å². The molecule has 1 fully saturated rings. The lowest BCUT2D eigenvalue weighted by molar-refractivity contribution is 0.0464. The number of rotatable bonds is 4. The van der Waals surface area contributed by atoms with Gasteiger partial charge in [-0.15, -0.1) is 0 Å². The normalized spacial score (nSPS) is 21.9. The Kier molecular flexibility index (Phi) is 4.06. The van der Waals surface area contributed by atoms with E-state index in [1.54, 1.807) is 0 Å². The van der Waals surface area contributed by atoms with Crippen LogP contribution in [0.1, 0.15) is 29.7 Å². The molecular weight excluding hydrogens is 258 g/mol. The Morgan fingerprint density at radius 3 is 2.68 bits per heavy atom. The lowest BCUT2D eigenvalue weighted by Crippen LogP contribution is -2.38. The maximum atomic E-state index is 9.36. The number of pyridine rings is 1. The third-order valence-electron chi connectivity index (χ3n) is 3.68. The number of anilines is 1. The van der Waals surface area contributed by atoms with Crippen LogP contribution in [-0.2, 0) is 0 Å². The number of nitrogens with zero attached hydrogens (tertiary/aromatic N) is 2. The minimum atomic E-state index is -0.124. The van der Waals surface area contributed by atoms with Crippen molar-refractivity contribution in [2.45, 2.75) is 32.8 Å². The summed E-state index contributed by atoms with van der Waals surface area (Å²) in [6, 6.07) is 2.00. The van der Waals surface area contributed by atoms with Crippen LogP contribution in [0.4, 0.5) is 5.82 Å². The zero-order chi connectivity index (χ0) is 14.2. The number of aliphatic hydroxyl groups is 1. The van der Waals surface area contributed by atoms with E-state index in [1.807, 2.05) is 27.0 Å². The number of aliphatic hydroxyl groups excluding tert-OH is 1. The Morgan fingerprint density at radius 2 is 2.16 bits per heavy atom. The van der Waals surface area contributed by atoms with Gasteiger partial charge in [0.25, 0.3) is 0 Å². The number of hydrogen-bond acceptors (Lipinski definition) is 4. The topological polar surface area (TPSA) is 62.4 Å². The molecule has 0 radical (unpaired) electrons. The minimum absolute atomic E-state index is 0.124. The molecule has 5 heteroatoms. The summed E-state index contributed by atoms with van der Waals surface area (Å²) in [7, 11) is 2.01. The summed E-state index contributed by atoms with van der Waals surface area (Å²) in [5.74, 6) is 1.38. The van der Waals surface area contributed by atoms with Gasteiger partial charge in [0.05, 0.1) is 11.7 Å². The molecule has 1 aliphatic carbocycles. The highest BCUT2D eigenvalue weighted by Gasteiger charge is 2.29. The van der Waals surface area contributed by atoms with Gasteiger partial charge in [0.1, 0.15) is 10.8 Å². The smallest absolute Gasteiger partial charge is 0.139 e. The van der Waals surface area contributed by atoms with Crippen LogP contribution in [0.3, 0.4) is 0 Å². The fourth-order valence-corrected chi connectivity index (χ4v) is 2.97. The molecule has 0 aliphatic heterocycles. The van der Waals surface area contributed by atoms with Crippen molar-refractivity contribution in [3.63, 3.8) is 0 Å². The summed E-state index contributed by atoms with van der Waals surface area (Å²) in [5, 5.41) is 9.36. The highest BCUT2D eigenvalue weighted by atomic mass is 32.1. The molecule has 104 valence electrons. The SMILES string of the molecule is Cc1cc(C)c(C(N)=S)c(N(C)CC2CC(O)C2)n1. The van der Waals surface area contributed by atoms with Crippen LogP contribution in [-0.4, -0.2) is 34.8 Å². The summed E-state index contributed by atoms with van der Waals surface area (Å²) in [6.45, 7) is 4.86. The fourth-order valence-electron chi connectivity index (χ4n) is 2.72. The zero-order valence-electron chi connectivity index (χ0n) is 11.7. The molecule has 2 rings (SSSR count). The summed E-state index contributed by atoms with van der Waals surface area (Å²) in [4.78, 5) is 7.07. The molecule has 0 spiro atoms. The van der Waals surface area contributed by atoms with E-state index in [4.69, 9.17) is 18.0 Å². The van der Waals surface area contributed by atoms with E-state index < -0.39 is 0 Å². The van der Waals surface area contributed by atoms with Crippen molar-refractivity contribution in [3.8, 4) is 0 Å². The number of aryl methyl sites for hydroxylation is 2. The van der Waals surface area contributed by atoms with E-state index in [9.17, 15) is 5.11 Å². The number of aromatic nitrogens is 1. The predicted molar refractivity (Wildman–Crippen MR) is 81.6 cm³/mol. The predicted octanol–water partition coefficient (Wildman–Crippen LogP) is 1.54. The van der Waals surface area contributed by atoms with Crippen LogP contribution in [0.2, 0.25) is 0 Å². The number of hydrogen-bond donors (Lipinski definition) is 2. The van der Waals surface area contributed by atoms with Gasteiger partial charge in [-0.2, -0.15) is 0 Å². The number of thiocarbonyl (C=S) groups is 1. The molecule has 0 bridgehead atoms. The van der Waals surface area contributed by atoms with Gasteiger partial charge < -0.3 is 15.7 Å². The summed E-state index contributed by atoms with van der Waals surface area (Å²) in [5.41, 5.74) is 8.72. The van der Waals surface area contributed by atoms with Crippen LogP contribution in [0, 0.1) is 19.8 Å². The first kappa shape index (κ1) is 14.2. The minimum Gasteiger partial charge on any atom is -0.393 e. The molecule has 1 aromatic rings. The highest BCUT2D eigenvalue weighted by molar-refractivity contribution is 7.80. The van der Waals surface area contributed by atoms with Crippen LogP contribution in [0.5, 0.6) is 0 Å². The zero-order valence-corrected chi connectivity index (χ0v) is 12.5. The molecule has 1 aliphatic rings. The van der Waals surface area contributed by atoms with E-state index in [0.717, 1.165) is 42.0 Å². The molecule has 0 amide bonds. The summed E-state index contributed by atoms with van der Waals surface area (Å²) < 4.78 is 0. The van der Waals surface area contributed by atoms with Crippen molar-refractivity contribution < 1.29 is 5.11 Å². The lowest BCUT2D eigenvalue weighted by Gasteiger charge is -2.35. The maximum Gasteiger partial charge on any atom is 0.139 e. The van der Waals surface area contributed by atoms with E-state index in [0.29, 0.717) is 10.9 Å². The molecule has 1 heterocycles. The second-order valence-corrected chi connectivity index (χ2v) is 5.95. The molecule has 4 nitrogen and oxygen atoms in total. The van der Waals surface area contributed by atoms with Crippen molar-refractivity contribution in [3.05, 3.63) is 22.9 Å². The van der Waals surface area contributed by atoms with Gasteiger partial charge in [-0.3, -0.25) is 0 Å². The largest absolute Gasteiger partial charge is 0.393 e. The van der Waals surface area contributed by atoms with Crippen LogP contribution in [0.15, 0.2) is 6.07 Å². The van der Waals surface area contributed by atoms with Crippen molar-refractivity contribution >= 4 is 23.0 Å². The molecule has 0 unspecified atom stereocenters. The van der Waals surface area contributed by atoms with E-state index in [2.05, 4.69) is 9.88 Å². The van der Waals surface area contributed by atoms with Crippen molar-refractivity contribution in [1.29, 1.82) is 0 Å². The Balaban J connectivity index is 2.24. The lowest BCUT2D eigenvalue weighted by atomic mass is 9.82. The van der Waals surface area contributed by atoms with Crippen molar-refractivity contribution in [1.82, 2.24) is 4.98 Å². The van der Waals surface area contributed by atoms with E-state index in [-0.39, 0.29) is 6.10 Å². The van der Waals surface area contributed by atoms with Crippen molar-refractivity contribution in [2.75, 3.05) is 18.5 Å². The average molecular weight is 279 g/mol. The Hall–Kier alpha value is -1.20. The molecular formula is C14H21N3OS. The first-order valence-electron chi connectivity index (χ1n) is 6.55. The highest BCUT2D eigenvalue weighted by Crippen LogP contribution is 2.30. The van der Waals surface area contributed by atoms with Gasteiger partial charge in [0, 0.05) is 19.3 Å². The quantitative estimate of drug-likeness (QED) is 0.819. The fraction of sp³-hybridized carbons (Fsp3) is 0.571. The van der Waals surface area contributed by atoms with Gasteiger partial charge >= 0.3 is 0 Å². The molecule has 0 atom stereocenters. The van der Waals surface area contributed by atoms with Crippen molar-refractivity contribution in [2.24, 2.45) is 11.7 Å². The van der Waals surface area contributed by atoms with Crippen LogP contribution in [0.25, 0.3) is 0 Å². The number of nitrogens with two attached hydrogens (primary N) is 1. The van der Waals surface area contributed by atoms with Gasteiger partial charge in [0.2, 0.25) is 0 Å². The van der Waals surface area contributed by atoms with Crippen LogP contribution >= 0.6 is 12.2 Å². The van der Waals surface area contributed by atoms with Gasteiger partial charge in [0.15, 0.2) is 0 Å². The molecule has 0 saturated heterocycles. The van der Waals surface area contributed by atoms with E-state index in [1.165, 1.54) is 0 Å². The van der Waals surface area contributed by atoms with E-state index >= 15 is 0 Å². The third-order valence-corrected chi connectivity index (χ3v) is 3.88. The monoisotopic (exact) mass is 279 g/mol. The molecule has 0 aromatic carbocycles. The Morgan fingerprint density at radius 1 is 1.53 bits per heavy atom. The average Bonchev–Trinajstić information content (AvgIpc) is 2.24. The second kappa shape index (κ2) is 5.43. The third kappa shape index (κ3) is 3.04. The standard InChI is InChI=1S/C14H21N3OS/c1-8-4-9(2)16-14(12(8)13(15)19)17(3)7-10-5-11(18)6-10/h4,10-11,18H,5-7H2,1-3H3,(H2,15,19). The molecule has 3 N–H and O–H groups in total. The Bertz CT molecular complexity index is 498. The second-order valence-electron chi connectivity index (χ2n) is 5.52. The van der Waals surface area contributed by atoms with Gasteiger partial charge in [-0.25, -0.2) is 4.98 Å². The first-order chi connectivity index (χ1) is 8.88. The Labute approximate surface area is 119 Å².